The Labute approximate surface area is 217 Å². The fourth-order valence-corrected chi connectivity index (χ4v) is 5.69. The molecule has 4 aromatic rings. The predicted molar refractivity (Wildman–Crippen MR) is 136 cm³/mol. The largest absolute Gasteiger partial charge is 0.418 e. The molecule has 13 heteroatoms. The molecule has 6 N–H and O–H groups in total. The number of benzene rings is 2. The molecular weight excluding hydrogens is 529 g/mol. The van der Waals surface area contributed by atoms with Crippen molar-refractivity contribution in [1.82, 2.24) is 14.9 Å². The van der Waals surface area contributed by atoms with Crippen LogP contribution in [0.1, 0.15) is 29.7 Å². The molecule has 2 aromatic heterocycles. The van der Waals surface area contributed by atoms with E-state index in [1.807, 2.05) is 12.1 Å². The summed E-state index contributed by atoms with van der Waals surface area (Å²) in [5.41, 5.74) is 13.1. The third-order valence-corrected chi connectivity index (χ3v) is 7.66. The lowest BCUT2D eigenvalue weighted by atomic mass is 9.95. The van der Waals surface area contributed by atoms with Crippen molar-refractivity contribution < 1.29 is 22.8 Å². The highest BCUT2D eigenvalue weighted by atomic mass is 35.5. The van der Waals surface area contributed by atoms with Crippen molar-refractivity contribution in [1.29, 1.82) is 0 Å². The lowest BCUT2D eigenvalue weighted by Crippen LogP contribution is -2.64. The summed E-state index contributed by atoms with van der Waals surface area (Å²) >= 11 is 7.19. The van der Waals surface area contributed by atoms with E-state index < -0.39 is 29.2 Å². The van der Waals surface area contributed by atoms with Crippen molar-refractivity contribution in [2.75, 3.05) is 11.9 Å². The van der Waals surface area contributed by atoms with Gasteiger partial charge in [0.05, 0.1) is 21.3 Å². The molecule has 1 aliphatic rings. The predicted octanol–water partition coefficient (Wildman–Crippen LogP) is 4.37. The van der Waals surface area contributed by atoms with Crippen molar-refractivity contribution in [3.63, 3.8) is 0 Å². The lowest BCUT2D eigenvalue weighted by molar-refractivity contribution is -0.136. The summed E-state index contributed by atoms with van der Waals surface area (Å²) in [5.74, 6) is -1.39. The first kappa shape index (κ1) is 25.5. The number of halogens is 4. The number of amides is 2. The zero-order chi connectivity index (χ0) is 26.5. The lowest BCUT2D eigenvalue weighted by Gasteiger charge is -2.41. The molecule has 0 bridgehead atoms. The number of nitrogens with one attached hydrogen (secondary N) is 2. The Morgan fingerprint density at radius 2 is 2.03 bits per heavy atom. The van der Waals surface area contributed by atoms with E-state index in [4.69, 9.17) is 23.1 Å². The molecule has 1 atom stereocenters. The third-order valence-electron chi connectivity index (χ3n) is 6.65. The molecule has 3 heterocycles. The van der Waals surface area contributed by atoms with Crippen LogP contribution in [0.5, 0.6) is 0 Å². The van der Waals surface area contributed by atoms with Gasteiger partial charge in [0.15, 0.2) is 5.66 Å². The van der Waals surface area contributed by atoms with E-state index in [1.54, 1.807) is 11.0 Å². The van der Waals surface area contributed by atoms with Gasteiger partial charge in [0, 0.05) is 46.8 Å². The first-order valence-corrected chi connectivity index (χ1v) is 12.6. The molecule has 8 nitrogen and oxygen atoms in total. The minimum absolute atomic E-state index is 0.0686. The number of primary amides is 1. The molecule has 1 unspecified atom stereocenters. The monoisotopic (exact) mass is 550 g/mol. The van der Waals surface area contributed by atoms with Crippen molar-refractivity contribution in [3.8, 4) is 0 Å². The minimum Gasteiger partial charge on any atom is -0.370 e. The van der Waals surface area contributed by atoms with Crippen molar-refractivity contribution >= 4 is 61.6 Å². The number of aromatic amines is 1. The minimum atomic E-state index is -4.67. The van der Waals surface area contributed by atoms with Gasteiger partial charge in [-0.2, -0.15) is 13.2 Å². The maximum atomic E-state index is 13.7. The zero-order valence-electron chi connectivity index (χ0n) is 19.3. The number of nitrogens with two attached hydrogens (primary N) is 2. The summed E-state index contributed by atoms with van der Waals surface area (Å²) in [5, 5.41) is 4.12. The summed E-state index contributed by atoms with van der Waals surface area (Å²) in [7, 11) is 0. The van der Waals surface area contributed by atoms with Crippen molar-refractivity contribution in [2.24, 2.45) is 11.5 Å². The van der Waals surface area contributed by atoms with Crippen molar-refractivity contribution in [3.05, 3.63) is 57.7 Å². The molecule has 0 saturated heterocycles. The Bertz CT molecular complexity index is 1530. The standard InChI is InChI=1S/C24H22ClF3N6O2S/c25-12-1-2-17-15(7-12)14-4-6-34(10-18(14)33-17)23(30,5-3-20(29)35)22(36)32-13-8-16(24(26,27)28)21-19(9-13)37-11-31-21/h1-2,7-9,11,33H,3-6,10,30H2,(H2,29,35)(H,32,36). The number of carbonyl (C=O) groups excluding carboxylic acids is 2. The van der Waals surface area contributed by atoms with Crippen LogP contribution in [0.4, 0.5) is 18.9 Å². The van der Waals surface area contributed by atoms with E-state index in [9.17, 15) is 22.8 Å². The second kappa shape index (κ2) is 9.28. The van der Waals surface area contributed by atoms with Gasteiger partial charge in [0.1, 0.15) is 0 Å². The van der Waals surface area contributed by atoms with E-state index in [1.165, 1.54) is 11.6 Å². The van der Waals surface area contributed by atoms with Gasteiger partial charge in [-0.3, -0.25) is 14.5 Å². The summed E-state index contributed by atoms with van der Waals surface area (Å²) in [6, 6.07) is 7.76. The molecule has 37 heavy (non-hydrogen) atoms. The fraction of sp³-hybridized carbons (Fsp3) is 0.292. The van der Waals surface area contributed by atoms with Gasteiger partial charge in [0.2, 0.25) is 5.91 Å². The molecular formula is C24H22ClF3N6O2S. The molecule has 0 fully saturated rings. The number of H-pyrrole nitrogens is 1. The Kier molecular flexibility index (Phi) is 6.39. The Morgan fingerprint density at radius 3 is 2.76 bits per heavy atom. The number of carbonyl (C=O) groups is 2. The summed E-state index contributed by atoms with van der Waals surface area (Å²) in [6.07, 6.45) is -4.42. The summed E-state index contributed by atoms with van der Waals surface area (Å²) in [4.78, 5) is 34.0. The third kappa shape index (κ3) is 4.77. The van der Waals surface area contributed by atoms with Gasteiger partial charge >= 0.3 is 6.18 Å². The number of nitrogens with zero attached hydrogens (tertiary/aromatic N) is 2. The number of hydrogen-bond donors (Lipinski definition) is 4. The summed E-state index contributed by atoms with van der Waals surface area (Å²) < 4.78 is 41.2. The van der Waals surface area contributed by atoms with Crippen LogP contribution in [0.25, 0.3) is 21.1 Å². The molecule has 5 rings (SSSR count). The second-order valence-corrected chi connectivity index (χ2v) is 10.3. The molecule has 2 amide bonds. The van der Waals surface area contributed by atoms with Crippen molar-refractivity contribution in [2.45, 2.75) is 37.6 Å². The van der Waals surface area contributed by atoms with Crippen LogP contribution in [0.2, 0.25) is 5.02 Å². The van der Waals surface area contributed by atoms with E-state index in [-0.39, 0.29) is 35.3 Å². The topological polar surface area (TPSA) is 130 Å². The highest BCUT2D eigenvalue weighted by Crippen LogP contribution is 2.38. The number of fused-ring (bicyclic) bond motifs is 4. The smallest absolute Gasteiger partial charge is 0.370 e. The molecule has 2 aromatic carbocycles. The highest BCUT2D eigenvalue weighted by molar-refractivity contribution is 7.16. The van der Waals surface area contributed by atoms with Gasteiger partial charge in [-0.1, -0.05) is 11.6 Å². The van der Waals surface area contributed by atoms with Gasteiger partial charge in [-0.15, -0.1) is 11.3 Å². The number of rotatable bonds is 6. The first-order valence-electron chi connectivity index (χ1n) is 11.3. The van der Waals surface area contributed by atoms with Gasteiger partial charge in [-0.05, 0) is 48.7 Å². The highest BCUT2D eigenvalue weighted by Gasteiger charge is 2.43. The second-order valence-electron chi connectivity index (χ2n) is 9.01. The fourth-order valence-electron chi connectivity index (χ4n) is 4.78. The van der Waals surface area contributed by atoms with Crippen LogP contribution in [-0.2, 0) is 28.7 Å². The maximum absolute atomic E-state index is 13.7. The molecule has 0 spiro atoms. The molecule has 0 aliphatic carbocycles. The first-order chi connectivity index (χ1) is 17.5. The maximum Gasteiger partial charge on any atom is 0.418 e. The zero-order valence-corrected chi connectivity index (χ0v) is 20.9. The van der Waals surface area contributed by atoms with Crippen LogP contribution in [-0.4, -0.2) is 38.9 Å². The van der Waals surface area contributed by atoms with E-state index >= 15 is 0 Å². The number of aromatic nitrogens is 2. The molecule has 0 radical (unpaired) electrons. The molecule has 1 aliphatic heterocycles. The molecule has 194 valence electrons. The van der Waals surface area contributed by atoms with Crippen LogP contribution >= 0.6 is 22.9 Å². The van der Waals surface area contributed by atoms with Crippen LogP contribution in [0.15, 0.2) is 35.8 Å². The molecule has 0 saturated carbocycles. The SMILES string of the molecule is NC(=O)CCC(N)(C(=O)Nc1cc(C(F)(F)F)c2ncsc2c1)N1CCc2c([nH]c3ccc(Cl)cc23)C1. The summed E-state index contributed by atoms with van der Waals surface area (Å²) in [6.45, 7) is 0.628. The average Bonchev–Trinajstić information content (AvgIpc) is 3.45. The number of alkyl halides is 3. The van der Waals surface area contributed by atoms with E-state index in [0.717, 1.165) is 39.6 Å². The Morgan fingerprint density at radius 1 is 1.24 bits per heavy atom. The van der Waals surface area contributed by atoms with Crippen LogP contribution in [0.3, 0.4) is 0 Å². The van der Waals surface area contributed by atoms with Crippen LogP contribution in [0, 0.1) is 0 Å². The van der Waals surface area contributed by atoms with E-state index in [0.29, 0.717) is 18.0 Å². The van der Waals surface area contributed by atoms with Gasteiger partial charge < -0.3 is 21.8 Å². The number of hydrogen-bond acceptors (Lipinski definition) is 6. The Balaban J connectivity index is 1.47. The van der Waals surface area contributed by atoms with E-state index in [2.05, 4.69) is 15.3 Å². The van der Waals surface area contributed by atoms with Crippen LogP contribution < -0.4 is 16.8 Å². The normalized spacial score (nSPS) is 16.0. The average molecular weight is 551 g/mol. The van der Waals surface area contributed by atoms with Gasteiger partial charge in [-0.25, -0.2) is 4.98 Å². The number of thiazole rings is 1. The van der Waals surface area contributed by atoms with Gasteiger partial charge in [0.25, 0.3) is 5.91 Å². The number of anilines is 1. The quantitative estimate of drug-likeness (QED) is 0.283. The Hall–Kier alpha value is -3.19.